The van der Waals surface area contributed by atoms with Gasteiger partial charge in [0.05, 0.1) is 106 Å². The highest BCUT2D eigenvalue weighted by Crippen LogP contribution is 2.56. The number of rotatable bonds is 6. The van der Waals surface area contributed by atoms with E-state index in [1.165, 1.54) is 304 Å². The van der Waals surface area contributed by atoms with Crippen LogP contribution in [0, 0.1) is 0 Å². The molecule has 0 bridgehead atoms. The highest BCUT2D eigenvalue weighted by Gasteiger charge is 2.28. The maximum absolute atomic E-state index is 2.53. The lowest BCUT2D eigenvalue weighted by Gasteiger charge is -2.14. The average molecular weight is 2020 g/mol. The Bertz CT molecular complexity index is 11800. The van der Waals surface area contributed by atoms with Crippen molar-refractivity contribution in [3.63, 3.8) is 0 Å². The van der Waals surface area contributed by atoms with Crippen LogP contribution in [-0.4, -0.2) is 18.3 Å². The van der Waals surface area contributed by atoms with E-state index in [9.17, 15) is 0 Å². The lowest BCUT2D eigenvalue weighted by atomic mass is 9.96. The molecule has 0 N–H and O–H groups in total. The van der Waals surface area contributed by atoms with Crippen LogP contribution in [0.25, 0.3) is 304 Å². The van der Waals surface area contributed by atoms with Gasteiger partial charge in [-0.3, -0.25) is 0 Å². The first kappa shape index (κ1) is 84.6. The van der Waals surface area contributed by atoms with Crippen LogP contribution in [0.15, 0.2) is 473 Å². The summed E-state index contributed by atoms with van der Waals surface area (Å²) in [4.78, 5) is 0. The van der Waals surface area contributed by atoms with E-state index in [0.717, 1.165) is 0 Å². The van der Waals surface area contributed by atoms with Crippen LogP contribution >= 0.6 is 90.7 Å². The minimum absolute atomic E-state index is 1.20. The molecular weight excluding hydrogens is 1950 g/mol. The fraction of sp³-hybridized carbons (Fsp3) is 0. The summed E-state index contributed by atoms with van der Waals surface area (Å²) in [6, 6.07) is 173. The molecule has 0 saturated carbocycles. The number of benzene rings is 23. The lowest BCUT2D eigenvalue weighted by molar-refractivity contribution is 1.19. The van der Waals surface area contributed by atoms with Crippen molar-refractivity contribution < 1.29 is 0 Å². The topological polar surface area (TPSA) is 19.7 Å². The van der Waals surface area contributed by atoms with Gasteiger partial charge in [-0.15, -0.1) is 90.7 Å². The fourth-order valence-corrected chi connectivity index (χ4v) is 35.0. The summed E-state index contributed by atoms with van der Waals surface area (Å²) in [6.07, 6.45) is 0. The third-order valence-electron chi connectivity index (χ3n) is 30.5. The molecule has 0 fully saturated rings. The van der Waals surface area contributed by atoms with Gasteiger partial charge in [-0.1, -0.05) is 376 Å². The van der Waals surface area contributed by atoms with Crippen molar-refractivity contribution in [3.05, 3.63) is 473 Å². The Morgan fingerprint density at radius 3 is 0.899 bits per heavy atom. The van der Waals surface area contributed by atoms with Gasteiger partial charge in [-0.25, -0.2) is 0 Å². The van der Waals surface area contributed by atoms with Crippen molar-refractivity contribution in [2.24, 2.45) is 0 Å². The molecule has 0 aliphatic rings. The lowest BCUT2D eigenvalue weighted by Crippen LogP contribution is -1.96. The van der Waals surface area contributed by atoms with Crippen LogP contribution in [0.1, 0.15) is 0 Å². The van der Waals surface area contributed by atoms with Crippen molar-refractivity contribution in [3.8, 4) is 45.0 Å². The van der Waals surface area contributed by atoms with Crippen molar-refractivity contribution in [2.75, 3.05) is 0 Å². The number of nitrogens with zero attached hydrogens (tertiary/aromatic N) is 4. The minimum atomic E-state index is 1.20. The first-order chi connectivity index (χ1) is 73.4. The van der Waals surface area contributed by atoms with E-state index < -0.39 is 0 Å². The molecule has 23 aromatic carbocycles. The van der Waals surface area contributed by atoms with Crippen LogP contribution in [0.4, 0.5) is 0 Å². The summed E-state index contributed by atoms with van der Waals surface area (Å²) in [5.41, 5.74) is 20.1. The molecule has 0 spiro atoms. The number of thiophene rings is 8. The van der Waals surface area contributed by atoms with Gasteiger partial charge in [0.1, 0.15) is 0 Å². The molecule has 0 aliphatic carbocycles. The fourth-order valence-electron chi connectivity index (χ4n) is 23.9. The van der Waals surface area contributed by atoms with Crippen LogP contribution in [-0.2, 0) is 0 Å². The third-order valence-corrected chi connectivity index (χ3v) is 40.8. The molecule has 0 saturated heterocycles. The number of hydrogen-bond donors (Lipinski definition) is 0. The van der Waals surface area contributed by atoms with Crippen LogP contribution < -0.4 is 0 Å². The molecule has 148 heavy (non-hydrogen) atoms. The Hall–Kier alpha value is -16.7. The summed E-state index contributed by atoms with van der Waals surface area (Å²) in [7, 11) is 0. The molecule has 12 heteroatoms. The first-order valence-corrected chi connectivity index (χ1v) is 56.6. The van der Waals surface area contributed by atoms with Gasteiger partial charge in [0.15, 0.2) is 0 Å². The van der Waals surface area contributed by atoms with Crippen molar-refractivity contribution in [1.82, 2.24) is 18.3 Å². The van der Waals surface area contributed by atoms with Gasteiger partial charge in [-0.05, 0) is 168 Å². The second-order valence-corrected chi connectivity index (χ2v) is 46.9. The quantitative estimate of drug-likeness (QED) is 0.148. The van der Waals surface area contributed by atoms with E-state index in [1.807, 2.05) is 90.7 Å². The Morgan fingerprint density at radius 1 is 0.128 bits per heavy atom. The Labute approximate surface area is 878 Å². The van der Waals surface area contributed by atoms with Crippen LogP contribution in [0.3, 0.4) is 0 Å². The van der Waals surface area contributed by atoms with E-state index in [2.05, 4.69) is 491 Å². The normalized spacial score (nSPS) is 12.2. The zero-order valence-corrected chi connectivity index (χ0v) is 85.6. The maximum atomic E-state index is 2.53. The SMILES string of the molecule is c1ccc(-c2cccc(-n3c4ccccc4c4ccc5c6sc7ccccc7c6sc5c43)c2)cc1.c1ccc2c(-c3ccc4cc(-n5c6ccccc6c6ccc7c8sc9ccccc9c8sc7c65)ccc4c3)cccc2c1.c1ccc2c(c1)cc(-n1c3ccccc3c3ccc4c5sc6ccccc6c5sc4c31)c1ccccc12.c1ccc2cc(-n3c4ccccc4c4ccc5c6sc7ccccc7c6sc5c43)ccc2c1. The van der Waals surface area contributed by atoms with Crippen LogP contribution in [0.2, 0.25) is 0 Å². The number of para-hydroxylation sites is 4. The minimum Gasteiger partial charge on any atom is -0.308 e. The highest BCUT2D eigenvalue weighted by molar-refractivity contribution is 7.39. The number of fused-ring (bicyclic) bond motifs is 42. The van der Waals surface area contributed by atoms with Gasteiger partial charge < -0.3 is 18.3 Å². The standard InChI is InChI=1S/C40H23NS2.C34H19NS2.C32H19NS2.C30H17NS2/c1-2-10-29-24(8-1)9-7-13-30(29)27-17-16-26-23-28(19-18-25(26)22-27)41-35-14-5-3-11-31(35)32-20-21-34-38(37(32)41)43-39-33-12-4-6-15-36(33)42-40(34)39;1-2-10-21-20(9-1)19-29(23-12-4-3-11-22(21)23)35-28-15-7-5-13-24(28)25-17-18-27-32(31(25)35)37-33-26-14-6-8-16-30(26)36-34(27)33;1-2-9-20(10-3-1)21-11-8-12-22(19-21)33-27-15-6-4-13-23(27)24-17-18-26-30(29(24)33)35-31-25-14-5-7-16-28(25)34-32(26)31;1-2-8-19-17-20(14-13-18(19)7-1)31-25-11-5-3-9-21(25)22-15-16-24-28(27(22)31)33-29-23-10-4-6-12-26(23)32-30(24)29/h1-23H;1-19H;1-19H;1-17H. The summed E-state index contributed by atoms with van der Waals surface area (Å²) in [6.45, 7) is 0. The molecule has 0 atom stereocenters. The van der Waals surface area contributed by atoms with E-state index in [-0.39, 0.29) is 0 Å². The van der Waals surface area contributed by atoms with Gasteiger partial charge in [0.25, 0.3) is 0 Å². The largest absolute Gasteiger partial charge is 0.308 e. The molecule has 0 radical (unpaired) electrons. The smallest absolute Gasteiger partial charge is 0.0720 e. The molecule has 0 unspecified atom stereocenters. The van der Waals surface area contributed by atoms with E-state index in [1.54, 1.807) is 0 Å². The predicted molar refractivity (Wildman–Crippen MR) is 655 cm³/mol. The molecule has 0 aliphatic heterocycles. The summed E-state index contributed by atoms with van der Waals surface area (Å²) in [5.74, 6) is 0. The third kappa shape index (κ3) is 12.9. The van der Waals surface area contributed by atoms with E-state index in [0.29, 0.717) is 0 Å². The van der Waals surface area contributed by atoms with Gasteiger partial charge >= 0.3 is 0 Å². The molecule has 12 heterocycles. The number of aromatic nitrogens is 4. The average Bonchev–Trinajstić information content (AvgIpc) is 1.59. The van der Waals surface area contributed by atoms with E-state index in [4.69, 9.17) is 0 Å². The van der Waals surface area contributed by atoms with Crippen molar-refractivity contribution >= 4 is 350 Å². The second kappa shape index (κ2) is 33.4. The van der Waals surface area contributed by atoms with Gasteiger partial charge in [0, 0.05) is 127 Å². The predicted octanol–water partition coefficient (Wildman–Crippen LogP) is 42.6. The Kier molecular flexibility index (Phi) is 19.1. The zero-order valence-electron chi connectivity index (χ0n) is 79.1. The monoisotopic (exact) mass is 2020 g/mol. The molecule has 12 aromatic heterocycles. The summed E-state index contributed by atoms with van der Waals surface area (Å²) in [5, 5.41) is 34.2. The molecule has 35 rings (SSSR count). The molecule has 4 nitrogen and oxygen atoms in total. The molecular formula is C136H78N4S8. The summed E-state index contributed by atoms with van der Waals surface area (Å²) >= 11 is 15.5. The van der Waals surface area contributed by atoms with E-state index >= 15 is 0 Å². The first-order valence-electron chi connectivity index (χ1n) is 50.0. The molecule has 35 aromatic rings. The Balaban J connectivity index is 0.0000000879. The maximum Gasteiger partial charge on any atom is 0.0720 e. The molecule has 0 amide bonds. The highest BCUT2D eigenvalue weighted by atomic mass is 32.1. The zero-order chi connectivity index (χ0) is 96.6. The summed E-state index contributed by atoms with van der Waals surface area (Å²) < 4.78 is 32.2. The van der Waals surface area contributed by atoms with Crippen LogP contribution in [0.5, 0.6) is 0 Å². The number of hydrogen-bond acceptors (Lipinski definition) is 8. The van der Waals surface area contributed by atoms with Gasteiger partial charge in [0.2, 0.25) is 0 Å². The van der Waals surface area contributed by atoms with Crippen molar-refractivity contribution in [2.45, 2.75) is 0 Å². The van der Waals surface area contributed by atoms with Gasteiger partial charge in [-0.2, -0.15) is 0 Å². The molecule has 690 valence electrons. The second-order valence-electron chi connectivity index (χ2n) is 38.6. The Morgan fingerprint density at radius 2 is 0.432 bits per heavy atom. The van der Waals surface area contributed by atoms with Crippen molar-refractivity contribution in [1.29, 1.82) is 0 Å².